The van der Waals surface area contributed by atoms with Gasteiger partial charge in [-0.3, -0.25) is 15.0 Å². The molecule has 25 heavy (non-hydrogen) atoms. The summed E-state index contributed by atoms with van der Waals surface area (Å²) in [7, 11) is 0. The van der Waals surface area contributed by atoms with Crippen LogP contribution in [0.3, 0.4) is 0 Å². The van der Waals surface area contributed by atoms with Crippen molar-refractivity contribution in [1.29, 1.82) is 0 Å². The first-order chi connectivity index (χ1) is 12.3. The Bertz CT molecular complexity index is 941. The largest absolute Gasteiger partial charge is 0.261 e. The maximum absolute atomic E-state index is 4.76. The van der Waals surface area contributed by atoms with Crippen molar-refractivity contribution in [3.05, 3.63) is 84.9 Å². The number of aromatic nitrogens is 4. The molecule has 1 aromatic carbocycles. The van der Waals surface area contributed by atoms with E-state index in [1.54, 1.807) is 24.8 Å². The number of hydrogen-bond acceptors (Lipinski definition) is 4. The molecule has 4 rings (SSSR count). The summed E-state index contributed by atoms with van der Waals surface area (Å²) < 4.78 is 0. The van der Waals surface area contributed by atoms with Gasteiger partial charge in [-0.2, -0.15) is 0 Å². The van der Waals surface area contributed by atoms with Gasteiger partial charge < -0.3 is 0 Å². The molecule has 120 valence electrons. The maximum Gasteiger partial charge on any atom is 0.107 e. The summed E-state index contributed by atoms with van der Waals surface area (Å²) >= 11 is 0. The molecule has 0 saturated carbocycles. The van der Waals surface area contributed by atoms with Gasteiger partial charge in [0.25, 0.3) is 0 Å². The highest BCUT2D eigenvalue weighted by molar-refractivity contribution is 5.76. The van der Waals surface area contributed by atoms with Crippen molar-refractivity contribution in [2.24, 2.45) is 0 Å². The maximum atomic E-state index is 4.76. The van der Waals surface area contributed by atoms with Crippen molar-refractivity contribution >= 4 is 0 Å². The lowest BCUT2D eigenvalue weighted by Crippen LogP contribution is -1.95. The quantitative estimate of drug-likeness (QED) is 0.553. The second-order valence-corrected chi connectivity index (χ2v) is 5.75. The van der Waals surface area contributed by atoms with Gasteiger partial charge in [0.05, 0.1) is 23.3 Å². The Morgan fingerprint density at radius 2 is 1.44 bits per heavy atom. The number of nitrogens with zero attached hydrogens (tertiary/aromatic N) is 4. The Balaban J connectivity index is 1.94. The fourth-order valence-corrected chi connectivity index (χ4v) is 2.79. The van der Waals surface area contributed by atoms with Crippen LogP contribution in [0.1, 0.15) is 5.56 Å². The topological polar surface area (TPSA) is 51.6 Å². The van der Waals surface area contributed by atoms with Crippen LogP contribution in [0.25, 0.3) is 33.9 Å². The van der Waals surface area contributed by atoms with E-state index < -0.39 is 0 Å². The highest BCUT2D eigenvalue weighted by Gasteiger charge is 2.11. The first-order valence-electron chi connectivity index (χ1n) is 8.07. The molecule has 3 aromatic heterocycles. The zero-order valence-electron chi connectivity index (χ0n) is 13.8. The molecule has 0 bridgehead atoms. The van der Waals surface area contributed by atoms with E-state index in [4.69, 9.17) is 4.98 Å². The van der Waals surface area contributed by atoms with Crippen LogP contribution in [0.5, 0.6) is 0 Å². The van der Waals surface area contributed by atoms with Crippen molar-refractivity contribution in [3.8, 4) is 33.9 Å². The normalized spacial score (nSPS) is 10.6. The van der Waals surface area contributed by atoms with E-state index in [2.05, 4.69) is 46.1 Å². The summed E-state index contributed by atoms with van der Waals surface area (Å²) in [6.45, 7) is 2.11. The zero-order valence-corrected chi connectivity index (χ0v) is 13.8. The fourth-order valence-electron chi connectivity index (χ4n) is 2.79. The minimum absolute atomic E-state index is 0.745. The number of hydrogen-bond donors (Lipinski definition) is 0. The standard InChI is InChI=1S/C21H16N4/c1-15-6-2-3-7-17(15)16-12-19(18-8-4-5-9-23-18)25-20(13-16)21-14-22-10-11-24-21/h2-14H,1H3. The average molecular weight is 324 g/mol. The third-order valence-corrected chi connectivity index (χ3v) is 4.03. The lowest BCUT2D eigenvalue weighted by atomic mass is 9.99. The number of aryl methyl sites for hydroxylation is 1. The van der Waals surface area contributed by atoms with Gasteiger partial charge in [0.2, 0.25) is 0 Å². The molecule has 0 fully saturated rings. The lowest BCUT2D eigenvalue weighted by molar-refractivity contribution is 1.17. The van der Waals surface area contributed by atoms with Crippen LogP contribution < -0.4 is 0 Å². The molecule has 4 aromatic rings. The third kappa shape index (κ3) is 3.15. The van der Waals surface area contributed by atoms with Crippen molar-refractivity contribution in [2.75, 3.05) is 0 Å². The summed E-state index contributed by atoms with van der Waals surface area (Å²) in [5, 5.41) is 0. The second-order valence-electron chi connectivity index (χ2n) is 5.75. The van der Waals surface area contributed by atoms with E-state index in [9.17, 15) is 0 Å². The lowest BCUT2D eigenvalue weighted by Gasteiger charge is -2.10. The molecule has 0 spiro atoms. The van der Waals surface area contributed by atoms with E-state index in [-0.39, 0.29) is 0 Å². The van der Waals surface area contributed by atoms with Crippen LogP contribution in [0, 0.1) is 6.92 Å². The van der Waals surface area contributed by atoms with Crippen LogP contribution in [0.2, 0.25) is 0 Å². The summed E-state index contributed by atoms with van der Waals surface area (Å²) in [6.07, 6.45) is 6.85. The average Bonchev–Trinajstić information content (AvgIpc) is 2.69. The van der Waals surface area contributed by atoms with Gasteiger partial charge in [-0.15, -0.1) is 0 Å². The molecular weight excluding hydrogens is 308 g/mol. The summed E-state index contributed by atoms with van der Waals surface area (Å²) in [4.78, 5) is 17.8. The first kappa shape index (κ1) is 15.1. The SMILES string of the molecule is Cc1ccccc1-c1cc(-c2ccccn2)nc(-c2cnccn2)c1. The van der Waals surface area contributed by atoms with Gasteiger partial charge in [0.1, 0.15) is 5.69 Å². The van der Waals surface area contributed by atoms with Crippen LogP contribution in [-0.2, 0) is 0 Å². The fraction of sp³-hybridized carbons (Fsp3) is 0.0476. The van der Waals surface area contributed by atoms with Crippen LogP contribution in [0.4, 0.5) is 0 Å². The molecule has 4 nitrogen and oxygen atoms in total. The summed E-state index contributed by atoms with van der Waals surface area (Å²) in [5.41, 5.74) is 6.67. The van der Waals surface area contributed by atoms with Crippen molar-refractivity contribution in [3.63, 3.8) is 0 Å². The Morgan fingerprint density at radius 3 is 2.16 bits per heavy atom. The molecule has 0 amide bonds. The van der Waals surface area contributed by atoms with E-state index in [1.807, 2.05) is 30.3 Å². The van der Waals surface area contributed by atoms with Gasteiger partial charge in [0.15, 0.2) is 0 Å². The monoisotopic (exact) mass is 324 g/mol. The second kappa shape index (κ2) is 6.61. The molecular formula is C21H16N4. The Labute approximate surface area is 146 Å². The molecule has 0 aliphatic carbocycles. The predicted molar refractivity (Wildman–Crippen MR) is 98.7 cm³/mol. The minimum Gasteiger partial charge on any atom is -0.261 e. The predicted octanol–water partition coefficient (Wildman–Crippen LogP) is 4.58. The first-order valence-corrected chi connectivity index (χ1v) is 8.07. The number of rotatable bonds is 3. The van der Waals surface area contributed by atoms with Crippen molar-refractivity contribution in [1.82, 2.24) is 19.9 Å². The number of benzene rings is 1. The molecule has 0 atom stereocenters. The van der Waals surface area contributed by atoms with Gasteiger partial charge in [-0.25, -0.2) is 4.98 Å². The molecule has 0 aliphatic heterocycles. The molecule has 0 unspecified atom stereocenters. The van der Waals surface area contributed by atoms with Gasteiger partial charge in [-0.05, 0) is 47.9 Å². The van der Waals surface area contributed by atoms with Crippen molar-refractivity contribution < 1.29 is 0 Å². The molecule has 0 N–H and O–H groups in total. The molecule has 3 heterocycles. The van der Waals surface area contributed by atoms with Gasteiger partial charge in [0, 0.05) is 18.6 Å². The van der Waals surface area contributed by atoms with Gasteiger partial charge >= 0.3 is 0 Å². The number of pyridine rings is 2. The smallest absolute Gasteiger partial charge is 0.107 e. The van der Waals surface area contributed by atoms with E-state index in [1.165, 1.54) is 11.1 Å². The minimum atomic E-state index is 0.745. The molecule has 4 heteroatoms. The third-order valence-electron chi connectivity index (χ3n) is 4.03. The summed E-state index contributed by atoms with van der Waals surface area (Å²) in [6, 6.07) is 18.3. The zero-order chi connectivity index (χ0) is 17.1. The Morgan fingerprint density at radius 1 is 0.680 bits per heavy atom. The Kier molecular flexibility index (Phi) is 4.01. The molecule has 0 saturated heterocycles. The highest BCUT2D eigenvalue weighted by atomic mass is 14.8. The van der Waals surface area contributed by atoms with Crippen molar-refractivity contribution in [2.45, 2.75) is 6.92 Å². The highest BCUT2D eigenvalue weighted by Crippen LogP contribution is 2.30. The molecule has 0 radical (unpaired) electrons. The van der Waals surface area contributed by atoms with Crippen LogP contribution in [0.15, 0.2) is 79.4 Å². The Hall–Kier alpha value is -3.40. The molecule has 0 aliphatic rings. The van der Waals surface area contributed by atoms with Crippen LogP contribution in [-0.4, -0.2) is 19.9 Å². The van der Waals surface area contributed by atoms with Gasteiger partial charge in [-0.1, -0.05) is 30.3 Å². The van der Waals surface area contributed by atoms with Crippen LogP contribution >= 0.6 is 0 Å². The summed E-state index contributed by atoms with van der Waals surface area (Å²) in [5.74, 6) is 0. The van der Waals surface area contributed by atoms with E-state index in [0.717, 1.165) is 28.3 Å². The van der Waals surface area contributed by atoms with E-state index in [0.29, 0.717) is 0 Å². The van der Waals surface area contributed by atoms with E-state index >= 15 is 0 Å².